The van der Waals surface area contributed by atoms with Crippen LogP contribution in [-0.4, -0.2) is 11.6 Å². The van der Waals surface area contributed by atoms with Crippen LogP contribution in [0.15, 0.2) is 18.5 Å². The molecule has 18 heavy (non-hydrogen) atoms. The third kappa shape index (κ3) is 3.70. The van der Waals surface area contributed by atoms with E-state index in [0.29, 0.717) is 6.61 Å². The van der Waals surface area contributed by atoms with Crippen molar-refractivity contribution in [2.75, 3.05) is 6.61 Å². The van der Waals surface area contributed by atoms with Crippen LogP contribution in [0.25, 0.3) is 0 Å². The standard InChI is InChI=1S/C15H24N2O/c1-2-18-14-9-13(10-17-11-14)15(16)8-7-12-5-3-4-6-12/h9-12,15H,2-8,16H2,1H3. The highest BCUT2D eigenvalue weighted by Gasteiger charge is 2.16. The van der Waals surface area contributed by atoms with E-state index in [0.717, 1.165) is 23.7 Å². The van der Waals surface area contributed by atoms with Gasteiger partial charge in [0, 0.05) is 12.2 Å². The molecule has 3 nitrogen and oxygen atoms in total. The zero-order valence-electron chi connectivity index (χ0n) is 11.3. The first kappa shape index (κ1) is 13.3. The van der Waals surface area contributed by atoms with Gasteiger partial charge in [-0.3, -0.25) is 4.98 Å². The largest absolute Gasteiger partial charge is 0.492 e. The highest BCUT2D eigenvalue weighted by molar-refractivity contribution is 5.25. The van der Waals surface area contributed by atoms with Crippen molar-refractivity contribution in [3.8, 4) is 5.75 Å². The molecule has 0 spiro atoms. The second-order valence-corrected chi connectivity index (χ2v) is 5.22. The summed E-state index contributed by atoms with van der Waals surface area (Å²) in [5.41, 5.74) is 7.34. The summed E-state index contributed by atoms with van der Waals surface area (Å²) in [6, 6.07) is 2.12. The minimum absolute atomic E-state index is 0.0958. The molecule has 1 heterocycles. The Bertz CT molecular complexity index is 361. The van der Waals surface area contributed by atoms with Crippen LogP contribution in [0.1, 0.15) is 57.1 Å². The maximum atomic E-state index is 6.24. The molecule has 0 bridgehead atoms. The number of nitrogens with two attached hydrogens (primary N) is 1. The molecule has 0 saturated heterocycles. The summed E-state index contributed by atoms with van der Waals surface area (Å²) in [4.78, 5) is 4.20. The Morgan fingerprint density at radius 3 is 2.89 bits per heavy atom. The van der Waals surface area contributed by atoms with Crippen molar-refractivity contribution in [1.82, 2.24) is 4.98 Å². The summed E-state index contributed by atoms with van der Waals surface area (Å²) in [6.45, 7) is 2.65. The number of aromatic nitrogens is 1. The van der Waals surface area contributed by atoms with Crippen molar-refractivity contribution in [1.29, 1.82) is 0 Å². The molecule has 0 aliphatic heterocycles. The van der Waals surface area contributed by atoms with E-state index in [4.69, 9.17) is 10.5 Å². The van der Waals surface area contributed by atoms with Gasteiger partial charge in [0.1, 0.15) is 5.75 Å². The molecule has 1 aliphatic rings. The van der Waals surface area contributed by atoms with E-state index < -0.39 is 0 Å². The van der Waals surface area contributed by atoms with E-state index in [9.17, 15) is 0 Å². The fourth-order valence-corrected chi connectivity index (χ4v) is 2.76. The molecule has 100 valence electrons. The molecule has 2 rings (SSSR count). The Balaban J connectivity index is 1.86. The van der Waals surface area contributed by atoms with Crippen molar-refractivity contribution in [2.24, 2.45) is 11.7 Å². The van der Waals surface area contributed by atoms with E-state index >= 15 is 0 Å². The molecule has 1 aromatic rings. The first-order chi connectivity index (χ1) is 8.79. The van der Waals surface area contributed by atoms with Crippen molar-refractivity contribution in [3.05, 3.63) is 24.0 Å². The highest BCUT2D eigenvalue weighted by Crippen LogP contribution is 2.31. The molecule has 1 unspecified atom stereocenters. The Kier molecular flexibility index (Phi) is 5.00. The van der Waals surface area contributed by atoms with Gasteiger partial charge in [0.25, 0.3) is 0 Å². The smallest absolute Gasteiger partial charge is 0.137 e. The van der Waals surface area contributed by atoms with Crippen LogP contribution >= 0.6 is 0 Å². The molecule has 3 heteroatoms. The normalized spacial score (nSPS) is 17.9. The van der Waals surface area contributed by atoms with Gasteiger partial charge >= 0.3 is 0 Å². The van der Waals surface area contributed by atoms with Crippen LogP contribution in [-0.2, 0) is 0 Å². The summed E-state index contributed by atoms with van der Waals surface area (Å²) in [6.07, 6.45) is 11.5. The van der Waals surface area contributed by atoms with E-state index in [1.165, 1.54) is 32.1 Å². The number of hydrogen-bond donors (Lipinski definition) is 1. The number of ether oxygens (including phenoxy) is 1. The molecule has 2 N–H and O–H groups in total. The predicted octanol–water partition coefficient (Wildman–Crippen LogP) is 3.45. The summed E-state index contributed by atoms with van der Waals surface area (Å²) in [5.74, 6) is 1.73. The molecule has 0 amide bonds. The monoisotopic (exact) mass is 248 g/mol. The number of rotatable bonds is 6. The average Bonchev–Trinajstić information content (AvgIpc) is 2.90. The number of nitrogens with zero attached hydrogens (tertiary/aromatic N) is 1. The minimum atomic E-state index is 0.0958. The summed E-state index contributed by atoms with van der Waals surface area (Å²) in [7, 11) is 0. The Morgan fingerprint density at radius 2 is 2.17 bits per heavy atom. The zero-order valence-corrected chi connectivity index (χ0v) is 11.3. The second-order valence-electron chi connectivity index (χ2n) is 5.22. The van der Waals surface area contributed by atoms with Crippen molar-refractivity contribution < 1.29 is 4.74 Å². The maximum absolute atomic E-state index is 6.24. The first-order valence-corrected chi connectivity index (χ1v) is 7.13. The SMILES string of the molecule is CCOc1cncc(C(N)CCC2CCCC2)c1. The average molecular weight is 248 g/mol. The van der Waals surface area contributed by atoms with Crippen LogP contribution in [0.5, 0.6) is 5.75 Å². The molecule has 1 aromatic heterocycles. The fraction of sp³-hybridized carbons (Fsp3) is 0.667. The van der Waals surface area contributed by atoms with Gasteiger partial charge in [-0.1, -0.05) is 25.7 Å². The van der Waals surface area contributed by atoms with Gasteiger partial charge in [-0.15, -0.1) is 0 Å². The highest BCUT2D eigenvalue weighted by atomic mass is 16.5. The third-order valence-corrected chi connectivity index (χ3v) is 3.83. The zero-order chi connectivity index (χ0) is 12.8. The van der Waals surface area contributed by atoms with E-state index in [-0.39, 0.29) is 6.04 Å². The van der Waals surface area contributed by atoms with Crippen molar-refractivity contribution in [3.63, 3.8) is 0 Å². The van der Waals surface area contributed by atoms with Gasteiger partial charge in [0.2, 0.25) is 0 Å². The lowest BCUT2D eigenvalue weighted by Crippen LogP contribution is -2.12. The van der Waals surface area contributed by atoms with Crippen LogP contribution < -0.4 is 10.5 Å². The van der Waals surface area contributed by atoms with E-state index in [1.54, 1.807) is 6.20 Å². The second kappa shape index (κ2) is 6.74. The van der Waals surface area contributed by atoms with Gasteiger partial charge < -0.3 is 10.5 Å². The van der Waals surface area contributed by atoms with Crippen LogP contribution in [0, 0.1) is 5.92 Å². The lowest BCUT2D eigenvalue weighted by Gasteiger charge is -2.15. The van der Waals surface area contributed by atoms with Crippen LogP contribution in [0.2, 0.25) is 0 Å². The first-order valence-electron chi connectivity index (χ1n) is 7.13. The van der Waals surface area contributed by atoms with Gasteiger partial charge in [-0.05, 0) is 37.3 Å². The van der Waals surface area contributed by atoms with Gasteiger partial charge in [0.05, 0.1) is 12.8 Å². The molecular formula is C15H24N2O. The summed E-state index contributed by atoms with van der Waals surface area (Å²) < 4.78 is 5.46. The quantitative estimate of drug-likeness (QED) is 0.838. The molecule has 1 atom stereocenters. The Hall–Kier alpha value is -1.09. The van der Waals surface area contributed by atoms with Gasteiger partial charge in [-0.25, -0.2) is 0 Å². The number of hydrogen-bond acceptors (Lipinski definition) is 3. The molecule has 1 saturated carbocycles. The minimum Gasteiger partial charge on any atom is -0.492 e. The van der Waals surface area contributed by atoms with Gasteiger partial charge in [-0.2, -0.15) is 0 Å². The van der Waals surface area contributed by atoms with Crippen LogP contribution in [0.3, 0.4) is 0 Å². The Labute approximate surface area is 110 Å². The van der Waals surface area contributed by atoms with E-state index in [1.807, 2.05) is 19.2 Å². The van der Waals surface area contributed by atoms with Crippen molar-refractivity contribution >= 4 is 0 Å². The predicted molar refractivity (Wildman–Crippen MR) is 73.5 cm³/mol. The molecule has 0 aromatic carbocycles. The molecular weight excluding hydrogens is 224 g/mol. The lowest BCUT2D eigenvalue weighted by molar-refractivity contribution is 0.338. The van der Waals surface area contributed by atoms with E-state index in [2.05, 4.69) is 4.98 Å². The topological polar surface area (TPSA) is 48.1 Å². The van der Waals surface area contributed by atoms with Gasteiger partial charge in [0.15, 0.2) is 0 Å². The fourth-order valence-electron chi connectivity index (χ4n) is 2.76. The lowest BCUT2D eigenvalue weighted by atomic mass is 9.96. The number of pyridine rings is 1. The Morgan fingerprint density at radius 1 is 1.39 bits per heavy atom. The van der Waals surface area contributed by atoms with Crippen molar-refractivity contribution in [2.45, 2.75) is 51.5 Å². The molecule has 1 aliphatic carbocycles. The molecule has 1 fully saturated rings. The maximum Gasteiger partial charge on any atom is 0.137 e. The molecule has 0 radical (unpaired) electrons. The van der Waals surface area contributed by atoms with Crippen LogP contribution in [0.4, 0.5) is 0 Å². The summed E-state index contributed by atoms with van der Waals surface area (Å²) in [5, 5.41) is 0. The third-order valence-electron chi connectivity index (χ3n) is 3.83. The summed E-state index contributed by atoms with van der Waals surface area (Å²) >= 11 is 0.